The zero-order valence-electron chi connectivity index (χ0n) is 8.53. The van der Waals surface area contributed by atoms with Crippen LogP contribution in [-0.2, 0) is 13.1 Å². The van der Waals surface area contributed by atoms with Crippen LogP contribution in [-0.4, -0.2) is 17.8 Å². The first-order chi connectivity index (χ1) is 6.76. The maximum Gasteiger partial charge on any atom is 0.0582 e. The number of hydrogen-bond donors (Lipinski definition) is 3. The molecule has 0 saturated heterocycles. The maximum atomic E-state index is 8.82. The van der Waals surface area contributed by atoms with Crippen molar-refractivity contribution in [3.8, 4) is 0 Å². The lowest BCUT2D eigenvalue weighted by Crippen LogP contribution is -2.28. The molecule has 0 radical (unpaired) electrons. The second-order valence-electron chi connectivity index (χ2n) is 3.49. The van der Waals surface area contributed by atoms with Gasteiger partial charge in [-0.2, -0.15) is 0 Å². The van der Waals surface area contributed by atoms with Gasteiger partial charge in [0.25, 0.3) is 0 Å². The van der Waals surface area contributed by atoms with Gasteiger partial charge in [0, 0.05) is 19.1 Å². The Morgan fingerprint density at radius 2 is 1.86 bits per heavy atom. The van der Waals surface area contributed by atoms with Crippen LogP contribution in [0.5, 0.6) is 0 Å². The van der Waals surface area contributed by atoms with Crippen molar-refractivity contribution in [2.75, 3.05) is 6.61 Å². The van der Waals surface area contributed by atoms with Crippen molar-refractivity contribution in [1.29, 1.82) is 0 Å². The Morgan fingerprint density at radius 3 is 2.36 bits per heavy atom. The van der Waals surface area contributed by atoms with Crippen LogP contribution in [0.1, 0.15) is 18.1 Å². The molecule has 0 aromatic heterocycles. The summed E-state index contributed by atoms with van der Waals surface area (Å²) >= 11 is 0. The van der Waals surface area contributed by atoms with E-state index in [0.717, 1.165) is 12.1 Å². The van der Waals surface area contributed by atoms with Gasteiger partial charge in [0.2, 0.25) is 0 Å². The van der Waals surface area contributed by atoms with Crippen molar-refractivity contribution in [2.24, 2.45) is 5.73 Å². The van der Waals surface area contributed by atoms with Crippen molar-refractivity contribution >= 4 is 0 Å². The quantitative estimate of drug-likeness (QED) is 0.644. The Balaban J connectivity index is 2.43. The number of aliphatic hydroxyl groups is 1. The molecule has 0 amide bonds. The van der Waals surface area contributed by atoms with Crippen LogP contribution in [0.3, 0.4) is 0 Å². The van der Waals surface area contributed by atoms with E-state index in [9.17, 15) is 0 Å². The van der Waals surface area contributed by atoms with Crippen molar-refractivity contribution in [3.63, 3.8) is 0 Å². The van der Waals surface area contributed by atoms with Gasteiger partial charge in [0.05, 0.1) is 6.61 Å². The summed E-state index contributed by atoms with van der Waals surface area (Å²) in [6.07, 6.45) is 0. The van der Waals surface area contributed by atoms with Gasteiger partial charge in [-0.25, -0.2) is 0 Å². The minimum atomic E-state index is 0.143. The zero-order valence-corrected chi connectivity index (χ0v) is 8.53. The first-order valence-corrected chi connectivity index (χ1v) is 4.88. The first kappa shape index (κ1) is 11.2. The summed E-state index contributed by atoms with van der Waals surface area (Å²) in [5.74, 6) is 0. The molecule has 0 heterocycles. The third-order valence-corrected chi connectivity index (χ3v) is 2.19. The van der Waals surface area contributed by atoms with Gasteiger partial charge in [0.15, 0.2) is 0 Å². The van der Waals surface area contributed by atoms with E-state index < -0.39 is 0 Å². The average molecular weight is 194 g/mol. The summed E-state index contributed by atoms with van der Waals surface area (Å²) in [5, 5.41) is 12.0. The van der Waals surface area contributed by atoms with E-state index in [0.29, 0.717) is 6.54 Å². The summed E-state index contributed by atoms with van der Waals surface area (Å²) < 4.78 is 0. The second kappa shape index (κ2) is 5.75. The third kappa shape index (κ3) is 3.46. The molecule has 1 aromatic rings. The summed E-state index contributed by atoms with van der Waals surface area (Å²) in [6.45, 7) is 3.49. The highest BCUT2D eigenvalue weighted by Crippen LogP contribution is 2.03. The normalized spacial score (nSPS) is 12.8. The van der Waals surface area contributed by atoms with Gasteiger partial charge in [-0.1, -0.05) is 24.3 Å². The van der Waals surface area contributed by atoms with Crippen molar-refractivity contribution in [3.05, 3.63) is 35.4 Å². The largest absolute Gasteiger partial charge is 0.395 e. The molecule has 0 aliphatic rings. The van der Waals surface area contributed by atoms with Crippen LogP contribution in [0.4, 0.5) is 0 Å². The van der Waals surface area contributed by atoms with Gasteiger partial charge < -0.3 is 16.2 Å². The molecule has 0 spiro atoms. The topological polar surface area (TPSA) is 58.3 Å². The number of nitrogens with two attached hydrogens (primary N) is 1. The zero-order chi connectivity index (χ0) is 10.4. The van der Waals surface area contributed by atoms with Crippen LogP contribution in [0, 0.1) is 0 Å². The molecule has 0 fully saturated rings. The van der Waals surface area contributed by atoms with Gasteiger partial charge >= 0.3 is 0 Å². The predicted octanol–water partition coefficient (Wildman–Crippen LogP) is 0.616. The molecule has 3 nitrogen and oxygen atoms in total. The van der Waals surface area contributed by atoms with E-state index in [1.165, 1.54) is 5.56 Å². The highest BCUT2D eigenvalue weighted by atomic mass is 16.3. The molecule has 14 heavy (non-hydrogen) atoms. The number of benzene rings is 1. The average Bonchev–Trinajstić information content (AvgIpc) is 2.26. The summed E-state index contributed by atoms with van der Waals surface area (Å²) in [7, 11) is 0. The van der Waals surface area contributed by atoms with E-state index in [1.807, 2.05) is 19.1 Å². The standard InChI is InChI=1S/C11H18N2O/c1-9(8-14)13-7-11-4-2-10(6-12)3-5-11/h2-5,9,13-14H,6-8,12H2,1H3. The minimum absolute atomic E-state index is 0.143. The lowest BCUT2D eigenvalue weighted by molar-refractivity contribution is 0.251. The van der Waals surface area contributed by atoms with Gasteiger partial charge in [0.1, 0.15) is 0 Å². The molecule has 1 aromatic carbocycles. The Hall–Kier alpha value is -0.900. The minimum Gasteiger partial charge on any atom is -0.395 e. The Morgan fingerprint density at radius 1 is 1.29 bits per heavy atom. The maximum absolute atomic E-state index is 8.82. The fraction of sp³-hybridized carbons (Fsp3) is 0.455. The van der Waals surface area contributed by atoms with Gasteiger partial charge in [-0.15, -0.1) is 0 Å². The number of hydrogen-bond acceptors (Lipinski definition) is 3. The number of aliphatic hydroxyl groups excluding tert-OH is 1. The van der Waals surface area contributed by atoms with E-state index in [-0.39, 0.29) is 12.6 Å². The van der Waals surface area contributed by atoms with Gasteiger partial charge in [-0.3, -0.25) is 0 Å². The molecule has 4 N–H and O–H groups in total. The lowest BCUT2D eigenvalue weighted by atomic mass is 10.1. The molecule has 1 atom stereocenters. The van der Waals surface area contributed by atoms with Gasteiger partial charge in [-0.05, 0) is 18.1 Å². The Labute approximate surface area is 84.9 Å². The summed E-state index contributed by atoms with van der Waals surface area (Å²) in [6, 6.07) is 8.31. The van der Waals surface area contributed by atoms with E-state index in [2.05, 4.69) is 17.4 Å². The first-order valence-electron chi connectivity index (χ1n) is 4.88. The third-order valence-electron chi connectivity index (χ3n) is 2.19. The fourth-order valence-corrected chi connectivity index (χ4v) is 1.15. The lowest BCUT2D eigenvalue weighted by Gasteiger charge is -2.10. The molecular weight excluding hydrogens is 176 g/mol. The van der Waals surface area contributed by atoms with Crippen molar-refractivity contribution < 1.29 is 5.11 Å². The Kier molecular flexibility index (Phi) is 4.59. The van der Waals surface area contributed by atoms with Crippen LogP contribution >= 0.6 is 0 Å². The van der Waals surface area contributed by atoms with E-state index in [4.69, 9.17) is 10.8 Å². The molecular formula is C11H18N2O. The number of nitrogens with one attached hydrogen (secondary N) is 1. The van der Waals surface area contributed by atoms with E-state index in [1.54, 1.807) is 0 Å². The SMILES string of the molecule is CC(CO)NCc1ccc(CN)cc1. The van der Waals surface area contributed by atoms with Crippen molar-refractivity contribution in [1.82, 2.24) is 5.32 Å². The fourth-order valence-electron chi connectivity index (χ4n) is 1.15. The molecule has 0 saturated carbocycles. The van der Waals surface area contributed by atoms with Crippen molar-refractivity contribution in [2.45, 2.75) is 26.1 Å². The highest BCUT2D eigenvalue weighted by Gasteiger charge is 1.98. The van der Waals surface area contributed by atoms with Crippen LogP contribution < -0.4 is 11.1 Å². The smallest absolute Gasteiger partial charge is 0.0582 e. The molecule has 1 unspecified atom stereocenters. The highest BCUT2D eigenvalue weighted by molar-refractivity contribution is 5.22. The summed E-state index contributed by atoms with van der Waals surface area (Å²) in [4.78, 5) is 0. The Bertz CT molecular complexity index is 258. The molecule has 78 valence electrons. The summed E-state index contributed by atoms with van der Waals surface area (Å²) in [5.41, 5.74) is 7.85. The second-order valence-corrected chi connectivity index (χ2v) is 3.49. The predicted molar refractivity (Wildman–Crippen MR) is 57.7 cm³/mol. The number of rotatable bonds is 5. The molecule has 1 rings (SSSR count). The van der Waals surface area contributed by atoms with Crippen LogP contribution in [0.25, 0.3) is 0 Å². The molecule has 0 bridgehead atoms. The van der Waals surface area contributed by atoms with Crippen LogP contribution in [0.15, 0.2) is 24.3 Å². The van der Waals surface area contributed by atoms with E-state index >= 15 is 0 Å². The van der Waals surface area contributed by atoms with Crippen LogP contribution in [0.2, 0.25) is 0 Å². The molecule has 0 aliphatic carbocycles. The molecule has 3 heteroatoms. The molecule has 0 aliphatic heterocycles. The monoisotopic (exact) mass is 194 g/mol.